The van der Waals surface area contributed by atoms with Crippen molar-refractivity contribution in [2.45, 2.75) is 13.0 Å². The van der Waals surface area contributed by atoms with Gasteiger partial charge in [-0.05, 0) is 35.0 Å². The van der Waals surface area contributed by atoms with E-state index in [4.69, 9.17) is 10.5 Å². The Morgan fingerprint density at radius 3 is 2.71 bits per heavy atom. The first-order valence-electron chi connectivity index (χ1n) is 4.04. The predicted molar refractivity (Wildman–Crippen MR) is 53.2 cm³/mol. The molecule has 1 aromatic carbocycles. The van der Waals surface area contributed by atoms with Crippen molar-refractivity contribution in [1.82, 2.24) is 0 Å². The first kappa shape index (κ1) is 11.4. The molecular formula is C9H10BrF2NO. The Bertz CT molecular complexity index is 331. The number of rotatable bonds is 3. The molecule has 0 amide bonds. The van der Waals surface area contributed by atoms with Crippen LogP contribution in [0.25, 0.3) is 0 Å². The third kappa shape index (κ3) is 2.65. The van der Waals surface area contributed by atoms with Gasteiger partial charge in [-0.3, -0.25) is 0 Å². The van der Waals surface area contributed by atoms with Crippen LogP contribution in [0.5, 0.6) is 5.75 Å². The lowest BCUT2D eigenvalue weighted by atomic mass is 10.3. The van der Waals surface area contributed by atoms with E-state index in [1.165, 1.54) is 6.07 Å². The number of nitrogens with two attached hydrogens (primary N) is 1. The zero-order valence-corrected chi connectivity index (χ0v) is 9.14. The van der Waals surface area contributed by atoms with Crippen LogP contribution in [0.4, 0.5) is 8.78 Å². The Kier molecular flexibility index (Phi) is 3.83. The molecule has 2 N–H and O–H groups in total. The molecule has 1 unspecified atom stereocenters. The lowest BCUT2D eigenvalue weighted by Crippen LogP contribution is -2.24. The molecule has 0 aromatic heterocycles. The summed E-state index contributed by atoms with van der Waals surface area (Å²) in [6.45, 7) is 1.85. The van der Waals surface area contributed by atoms with Crippen LogP contribution in [-0.4, -0.2) is 12.6 Å². The van der Waals surface area contributed by atoms with Gasteiger partial charge in [0.05, 0.1) is 4.47 Å². The van der Waals surface area contributed by atoms with Gasteiger partial charge in [0.15, 0.2) is 11.6 Å². The van der Waals surface area contributed by atoms with E-state index < -0.39 is 11.6 Å². The van der Waals surface area contributed by atoms with Gasteiger partial charge in [0, 0.05) is 6.04 Å². The summed E-state index contributed by atoms with van der Waals surface area (Å²) in [5.74, 6) is -2.07. The van der Waals surface area contributed by atoms with E-state index in [2.05, 4.69) is 15.9 Å². The van der Waals surface area contributed by atoms with Gasteiger partial charge in [-0.1, -0.05) is 0 Å². The topological polar surface area (TPSA) is 35.2 Å². The van der Waals surface area contributed by atoms with Gasteiger partial charge in [0.25, 0.3) is 0 Å². The van der Waals surface area contributed by atoms with E-state index in [-0.39, 0.29) is 18.4 Å². The number of benzene rings is 1. The molecule has 1 rings (SSSR count). The van der Waals surface area contributed by atoms with Crippen molar-refractivity contribution < 1.29 is 13.5 Å². The number of hydrogen-bond acceptors (Lipinski definition) is 2. The lowest BCUT2D eigenvalue weighted by Gasteiger charge is -2.11. The largest absolute Gasteiger partial charge is 0.488 e. The van der Waals surface area contributed by atoms with Crippen molar-refractivity contribution in [2.75, 3.05) is 6.61 Å². The molecule has 78 valence electrons. The third-order valence-corrected chi connectivity index (χ3v) is 2.12. The van der Waals surface area contributed by atoms with Crippen molar-refractivity contribution in [1.29, 1.82) is 0 Å². The average molecular weight is 266 g/mol. The van der Waals surface area contributed by atoms with E-state index in [9.17, 15) is 8.78 Å². The van der Waals surface area contributed by atoms with Crippen molar-refractivity contribution in [3.8, 4) is 5.75 Å². The van der Waals surface area contributed by atoms with Crippen molar-refractivity contribution in [2.24, 2.45) is 5.73 Å². The van der Waals surface area contributed by atoms with Gasteiger partial charge in [-0.2, -0.15) is 4.39 Å². The summed E-state index contributed by atoms with van der Waals surface area (Å²) in [7, 11) is 0. The number of halogens is 3. The van der Waals surface area contributed by atoms with E-state index >= 15 is 0 Å². The van der Waals surface area contributed by atoms with Crippen LogP contribution >= 0.6 is 15.9 Å². The molecule has 0 saturated heterocycles. The van der Waals surface area contributed by atoms with Gasteiger partial charge >= 0.3 is 0 Å². The fraction of sp³-hybridized carbons (Fsp3) is 0.333. The monoisotopic (exact) mass is 265 g/mol. The number of ether oxygens (including phenoxy) is 1. The Morgan fingerprint density at radius 2 is 2.14 bits per heavy atom. The highest BCUT2D eigenvalue weighted by molar-refractivity contribution is 9.10. The average Bonchev–Trinajstić information content (AvgIpc) is 2.11. The van der Waals surface area contributed by atoms with E-state index in [1.54, 1.807) is 6.92 Å². The Morgan fingerprint density at radius 1 is 1.50 bits per heavy atom. The summed E-state index contributed by atoms with van der Waals surface area (Å²) in [6, 6.07) is 2.18. The summed E-state index contributed by atoms with van der Waals surface area (Å²) >= 11 is 3.06. The minimum Gasteiger partial charge on any atom is -0.488 e. The van der Waals surface area contributed by atoms with E-state index in [0.29, 0.717) is 4.47 Å². The van der Waals surface area contributed by atoms with Gasteiger partial charge in [0.2, 0.25) is 5.82 Å². The second-order valence-electron chi connectivity index (χ2n) is 2.96. The zero-order valence-electron chi connectivity index (χ0n) is 7.56. The highest BCUT2D eigenvalue weighted by Crippen LogP contribution is 2.29. The summed E-state index contributed by atoms with van der Waals surface area (Å²) in [6.07, 6.45) is 0. The molecule has 0 heterocycles. The maximum absolute atomic E-state index is 13.1. The molecule has 0 radical (unpaired) electrons. The van der Waals surface area contributed by atoms with Crippen LogP contribution in [0.2, 0.25) is 0 Å². The second-order valence-corrected chi connectivity index (χ2v) is 3.81. The van der Waals surface area contributed by atoms with Gasteiger partial charge in [0.1, 0.15) is 6.61 Å². The van der Waals surface area contributed by atoms with Gasteiger partial charge in [-0.15, -0.1) is 0 Å². The standard InChI is InChI=1S/C9H10BrF2NO/c1-5(13)4-14-9-6(10)2-3-7(11)8(9)12/h2-3,5H,4,13H2,1H3. The van der Waals surface area contributed by atoms with Crippen LogP contribution in [0, 0.1) is 11.6 Å². The fourth-order valence-electron chi connectivity index (χ4n) is 0.856. The summed E-state index contributed by atoms with van der Waals surface area (Å²) < 4.78 is 31.3. The van der Waals surface area contributed by atoms with Crippen molar-refractivity contribution >= 4 is 15.9 Å². The molecule has 0 aliphatic heterocycles. The quantitative estimate of drug-likeness (QED) is 0.853. The SMILES string of the molecule is CC(N)COc1c(Br)ccc(F)c1F. The van der Waals surface area contributed by atoms with Crippen LogP contribution < -0.4 is 10.5 Å². The Balaban J connectivity index is 2.89. The first-order chi connectivity index (χ1) is 6.52. The molecule has 5 heteroatoms. The molecule has 0 spiro atoms. The van der Waals surface area contributed by atoms with Gasteiger partial charge in [-0.25, -0.2) is 4.39 Å². The molecule has 1 aromatic rings. The lowest BCUT2D eigenvalue weighted by molar-refractivity contribution is 0.275. The molecule has 0 bridgehead atoms. The zero-order chi connectivity index (χ0) is 10.7. The first-order valence-corrected chi connectivity index (χ1v) is 4.83. The number of hydrogen-bond donors (Lipinski definition) is 1. The normalized spacial score (nSPS) is 12.6. The minimum atomic E-state index is -1.000. The summed E-state index contributed by atoms with van der Waals surface area (Å²) in [4.78, 5) is 0. The minimum absolute atomic E-state index is 0.137. The summed E-state index contributed by atoms with van der Waals surface area (Å²) in [5, 5.41) is 0. The van der Waals surface area contributed by atoms with Crippen LogP contribution in [0.15, 0.2) is 16.6 Å². The van der Waals surface area contributed by atoms with Crippen LogP contribution in [0.3, 0.4) is 0 Å². The second kappa shape index (κ2) is 4.70. The molecule has 1 atom stereocenters. The Labute approximate surface area is 89.2 Å². The molecular weight excluding hydrogens is 256 g/mol. The predicted octanol–water partition coefficient (Wildman–Crippen LogP) is 2.45. The highest BCUT2D eigenvalue weighted by Gasteiger charge is 2.13. The maximum Gasteiger partial charge on any atom is 0.201 e. The Hall–Kier alpha value is -0.680. The molecule has 2 nitrogen and oxygen atoms in total. The van der Waals surface area contributed by atoms with E-state index in [0.717, 1.165) is 6.07 Å². The van der Waals surface area contributed by atoms with Crippen molar-refractivity contribution in [3.05, 3.63) is 28.2 Å². The summed E-state index contributed by atoms with van der Waals surface area (Å²) in [5.41, 5.74) is 5.42. The fourth-order valence-corrected chi connectivity index (χ4v) is 1.28. The molecule has 0 aliphatic rings. The van der Waals surface area contributed by atoms with Crippen LogP contribution in [-0.2, 0) is 0 Å². The van der Waals surface area contributed by atoms with E-state index in [1.807, 2.05) is 0 Å². The van der Waals surface area contributed by atoms with Gasteiger partial charge < -0.3 is 10.5 Å². The molecule has 14 heavy (non-hydrogen) atoms. The molecule has 0 aliphatic carbocycles. The molecule has 0 fully saturated rings. The van der Waals surface area contributed by atoms with Crippen molar-refractivity contribution in [3.63, 3.8) is 0 Å². The smallest absolute Gasteiger partial charge is 0.201 e. The third-order valence-electron chi connectivity index (χ3n) is 1.49. The molecule has 0 saturated carbocycles. The highest BCUT2D eigenvalue weighted by atomic mass is 79.9. The maximum atomic E-state index is 13.1. The van der Waals surface area contributed by atoms with Crippen LogP contribution in [0.1, 0.15) is 6.92 Å².